The number of benzene rings is 2. The highest BCUT2D eigenvalue weighted by atomic mass is 35.5. The molecule has 0 radical (unpaired) electrons. The molecule has 0 atom stereocenters. The summed E-state index contributed by atoms with van der Waals surface area (Å²) >= 11 is 25.7. The number of carbonyl (C=O) groups excluding carboxylic acids is 1. The Bertz CT molecular complexity index is 1280. The number of amides is 1. The number of hydrogen-bond acceptors (Lipinski definition) is 4. The van der Waals surface area contributed by atoms with Crippen LogP contribution in [0.25, 0.3) is 11.3 Å². The van der Waals surface area contributed by atoms with E-state index < -0.39 is 0 Å². The van der Waals surface area contributed by atoms with Crippen LogP contribution in [-0.4, -0.2) is 10.9 Å². The average molecular weight is 512 g/mol. The van der Waals surface area contributed by atoms with Crippen LogP contribution in [0.2, 0.25) is 20.1 Å². The highest BCUT2D eigenvalue weighted by molar-refractivity contribution is 7.15. The molecule has 2 aromatic carbocycles. The smallest absolute Gasteiger partial charge is 0.261 e. The first-order valence-electron chi connectivity index (χ1n) is 9.06. The molecular weight excluding hydrogens is 498 g/mol. The summed E-state index contributed by atoms with van der Waals surface area (Å²) in [4.78, 5) is 18.0. The zero-order valence-electron chi connectivity index (χ0n) is 16.0. The Balaban J connectivity index is 1.49. The van der Waals surface area contributed by atoms with Gasteiger partial charge in [0.05, 0.1) is 15.6 Å². The molecule has 0 spiro atoms. The molecule has 1 N–H and O–H groups in total. The topological polar surface area (TPSA) is 55.1 Å². The van der Waals surface area contributed by atoms with Crippen LogP contribution in [0.4, 0.5) is 5.13 Å². The van der Waals surface area contributed by atoms with Crippen molar-refractivity contribution in [3.05, 3.63) is 90.5 Å². The number of aryl methyl sites for hydroxylation is 1. The van der Waals surface area contributed by atoms with Gasteiger partial charge in [0.2, 0.25) is 0 Å². The number of halogens is 4. The Hall–Kier alpha value is -2.02. The fourth-order valence-electron chi connectivity index (χ4n) is 2.98. The minimum absolute atomic E-state index is 0.311. The fourth-order valence-corrected chi connectivity index (χ4v) is 4.48. The Morgan fingerprint density at radius 2 is 1.81 bits per heavy atom. The van der Waals surface area contributed by atoms with Crippen molar-refractivity contribution < 1.29 is 9.21 Å². The van der Waals surface area contributed by atoms with Gasteiger partial charge in [-0.2, -0.15) is 0 Å². The second-order valence-electron chi connectivity index (χ2n) is 6.71. The maximum Gasteiger partial charge on any atom is 0.261 e. The molecule has 0 aliphatic heterocycles. The first-order chi connectivity index (χ1) is 14.8. The average Bonchev–Trinajstić information content (AvgIpc) is 3.33. The quantitative estimate of drug-likeness (QED) is 0.294. The van der Waals surface area contributed by atoms with Crippen molar-refractivity contribution >= 4 is 68.8 Å². The number of carbonyl (C=O) groups is 1. The van der Waals surface area contributed by atoms with E-state index in [-0.39, 0.29) is 5.91 Å². The Labute approximate surface area is 202 Å². The van der Waals surface area contributed by atoms with Crippen LogP contribution < -0.4 is 5.32 Å². The van der Waals surface area contributed by atoms with E-state index >= 15 is 0 Å². The van der Waals surface area contributed by atoms with Crippen LogP contribution >= 0.6 is 57.7 Å². The largest absolute Gasteiger partial charge is 0.461 e. The minimum Gasteiger partial charge on any atom is -0.461 e. The van der Waals surface area contributed by atoms with E-state index in [1.54, 1.807) is 49.5 Å². The van der Waals surface area contributed by atoms with E-state index in [1.807, 2.05) is 6.07 Å². The summed E-state index contributed by atoms with van der Waals surface area (Å²) in [7, 11) is 0. The van der Waals surface area contributed by atoms with Gasteiger partial charge in [0.15, 0.2) is 5.13 Å². The van der Waals surface area contributed by atoms with Crippen LogP contribution in [0.5, 0.6) is 0 Å². The lowest BCUT2D eigenvalue weighted by atomic mass is 10.1. The Morgan fingerprint density at radius 3 is 2.58 bits per heavy atom. The van der Waals surface area contributed by atoms with Crippen LogP contribution in [0.1, 0.15) is 26.6 Å². The number of furan rings is 1. The molecule has 0 bridgehead atoms. The molecular formula is C22H14Cl4N2O2S. The van der Waals surface area contributed by atoms with Gasteiger partial charge < -0.3 is 4.42 Å². The first-order valence-corrected chi connectivity index (χ1v) is 11.4. The van der Waals surface area contributed by atoms with Crippen LogP contribution in [0.3, 0.4) is 0 Å². The van der Waals surface area contributed by atoms with Gasteiger partial charge >= 0.3 is 0 Å². The van der Waals surface area contributed by atoms with E-state index in [1.165, 1.54) is 11.3 Å². The lowest BCUT2D eigenvalue weighted by molar-refractivity contribution is 0.102. The number of anilines is 1. The highest BCUT2D eigenvalue weighted by Crippen LogP contribution is 2.32. The third kappa shape index (κ3) is 5.08. The third-order valence-electron chi connectivity index (χ3n) is 4.51. The van der Waals surface area contributed by atoms with Gasteiger partial charge in [-0.1, -0.05) is 46.4 Å². The lowest BCUT2D eigenvalue weighted by Gasteiger charge is -2.02. The zero-order chi connectivity index (χ0) is 22.1. The van der Waals surface area contributed by atoms with Gasteiger partial charge in [0, 0.05) is 33.1 Å². The number of thiazole rings is 1. The van der Waals surface area contributed by atoms with Crippen molar-refractivity contribution in [1.29, 1.82) is 0 Å². The summed E-state index contributed by atoms with van der Waals surface area (Å²) in [6, 6.07) is 12.1. The second-order valence-corrected chi connectivity index (χ2v) is 9.48. The predicted molar refractivity (Wildman–Crippen MR) is 128 cm³/mol. The van der Waals surface area contributed by atoms with Crippen LogP contribution in [0, 0.1) is 6.92 Å². The summed E-state index contributed by atoms with van der Waals surface area (Å²) in [5, 5.41) is 5.41. The summed E-state index contributed by atoms with van der Waals surface area (Å²) in [5.74, 6) is 0.701. The summed E-state index contributed by atoms with van der Waals surface area (Å²) in [6.07, 6.45) is 2.28. The summed E-state index contributed by atoms with van der Waals surface area (Å²) in [6.45, 7) is 1.73. The lowest BCUT2D eigenvalue weighted by Crippen LogP contribution is -2.11. The molecule has 2 heterocycles. The third-order valence-corrected chi connectivity index (χ3v) is 6.77. The molecule has 4 nitrogen and oxygen atoms in total. The summed E-state index contributed by atoms with van der Waals surface area (Å²) < 4.78 is 5.76. The SMILES string of the molecule is Cc1oc(-c2ccc(Cl)c(Cl)c2)cc1C(=O)Nc1ncc(Cc2cc(Cl)ccc2Cl)s1. The minimum atomic E-state index is -0.311. The van der Waals surface area contributed by atoms with Crippen LogP contribution in [-0.2, 0) is 6.42 Å². The normalized spacial score (nSPS) is 11.0. The van der Waals surface area contributed by atoms with Crippen molar-refractivity contribution in [2.45, 2.75) is 13.3 Å². The number of aromatic nitrogens is 1. The molecule has 4 rings (SSSR count). The van der Waals surface area contributed by atoms with Gasteiger partial charge in [-0.15, -0.1) is 11.3 Å². The molecule has 2 aromatic heterocycles. The fraction of sp³-hybridized carbons (Fsp3) is 0.0909. The standard InChI is InChI=1S/C22H14Cl4N2O2S/c1-11-16(9-20(30-11)12-2-4-18(25)19(26)8-12)21(29)28-22-27-10-15(31-22)7-13-6-14(23)3-5-17(13)24/h2-6,8-10H,7H2,1H3,(H,27,28,29). The van der Waals surface area contributed by atoms with E-state index in [4.69, 9.17) is 50.8 Å². The molecule has 4 aromatic rings. The van der Waals surface area contributed by atoms with Crippen molar-refractivity contribution in [2.24, 2.45) is 0 Å². The van der Waals surface area contributed by atoms with Crippen molar-refractivity contribution in [2.75, 3.05) is 5.32 Å². The highest BCUT2D eigenvalue weighted by Gasteiger charge is 2.18. The molecule has 9 heteroatoms. The van der Waals surface area contributed by atoms with E-state index in [0.717, 1.165) is 16.0 Å². The number of nitrogens with one attached hydrogen (secondary N) is 1. The predicted octanol–water partition coefficient (Wildman–Crippen LogP) is 8.17. The van der Waals surface area contributed by atoms with Crippen molar-refractivity contribution in [3.63, 3.8) is 0 Å². The summed E-state index contributed by atoms with van der Waals surface area (Å²) in [5.41, 5.74) is 2.04. The van der Waals surface area contributed by atoms with Crippen molar-refractivity contribution in [1.82, 2.24) is 4.98 Å². The molecule has 0 saturated carbocycles. The van der Waals surface area contributed by atoms with E-state index in [9.17, 15) is 4.79 Å². The van der Waals surface area contributed by atoms with Gasteiger partial charge in [-0.05, 0) is 55.0 Å². The van der Waals surface area contributed by atoms with E-state index in [2.05, 4.69) is 10.3 Å². The molecule has 1 amide bonds. The molecule has 0 fully saturated rings. The monoisotopic (exact) mass is 510 g/mol. The Morgan fingerprint density at radius 1 is 1.03 bits per heavy atom. The molecule has 158 valence electrons. The van der Waals surface area contributed by atoms with Crippen molar-refractivity contribution in [3.8, 4) is 11.3 Å². The van der Waals surface area contributed by atoms with Gasteiger partial charge in [0.1, 0.15) is 11.5 Å². The van der Waals surface area contributed by atoms with Gasteiger partial charge in [0.25, 0.3) is 5.91 Å². The maximum absolute atomic E-state index is 12.8. The molecule has 31 heavy (non-hydrogen) atoms. The van der Waals surface area contributed by atoms with Gasteiger partial charge in [-0.25, -0.2) is 4.98 Å². The molecule has 0 aliphatic carbocycles. The maximum atomic E-state index is 12.8. The van der Waals surface area contributed by atoms with Gasteiger partial charge in [-0.3, -0.25) is 10.1 Å². The Kier molecular flexibility index (Phi) is 6.60. The molecule has 0 aliphatic rings. The second kappa shape index (κ2) is 9.23. The number of nitrogens with zero attached hydrogens (tertiary/aromatic N) is 1. The molecule has 0 saturated heterocycles. The molecule has 0 unspecified atom stereocenters. The number of rotatable bonds is 5. The number of hydrogen-bond donors (Lipinski definition) is 1. The van der Waals surface area contributed by atoms with E-state index in [0.29, 0.717) is 48.7 Å². The zero-order valence-corrected chi connectivity index (χ0v) is 19.8. The van der Waals surface area contributed by atoms with Crippen LogP contribution in [0.15, 0.2) is 53.1 Å². The first kappa shape index (κ1) is 22.2.